The molecule has 426 valence electrons. The Balaban J connectivity index is 0.000000317. The third kappa shape index (κ3) is 10.9. The number of rotatable bonds is 11. The van der Waals surface area contributed by atoms with Crippen molar-refractivity contribution in [2.75, 3.05) is 6.61 Å². The molecule has 80 heavy (non-hydrogen) atoms. The van der Waals surface area contributed by atoms with Crippen LogP contribution in [0.5, 0.6) is 0 Å². The minimum atomic E-state index is -3.70. The number of carbonyl (C=O) groups excluding carboxylic acids is 5. The molecule has 20 nitrogen and oxygen atoms in total. The lowest BCUT2D eigenvalue weighted by Gasteiger charge is -2.67. The maximum atomic E-state index is 14.9. The lowest BCUT2D eigenvalue weighted by atomic mass is 9.44. The summed E-state index contributed by atoms with van der Waals surface area (Å²) in [5.74, 6) is -4.69. The van der Waals surface area contributed by atoms with E-state index in [-0.39, 0.29) is 34.6 Å². The zero-order valence-electron chi connectivity index (χ0n) is 45.7. The molecule has 0 spiro atoms. The third-order valence-corrected chi connectivity index (χ3v) is 16.9. The average molecular weight is 1120 g/mol. The Hall–Kier alpha value is -7.11. The number of fused-ring (bicyclic) bond motifs is 5. The van der Waals surface area contributed by atoms with E-state index in [0.29, 0.717) is 11.3 Å². The second-order valence-electron chi connectivity index (χ2n) is 22.5. The van der Waals surface area contributed by atoms with Gasteiger partial charge in [-0.1, -0.05) is 110 Å². The van der Waals surface area contributed by atoms with Crippen molar-refractivity contribution >= 4 is 39.8 Å². The minimum Gasteiger partial charge on any atom is -0.456 e. The van der Waals surface area contributed by atoms with Crippen LogP contribution in [0.3, 0.4) is 0 Å². The lowest BCUT2D eigenvalue weighted by Crippen LogP contribution is -2.81. The van der Waals surface area contributed by atoms with Gasteiger partial charge in [-0.25, -0.2) is 27.9 Å². The fourth-order valence-corrected chi connectivity index (χ4v) is 12.4. The Morgan fingerprint density at radius 2 is 1.44 bits per heavy atom. The Bertz CT molecular complexity index is 3290. The molecule has 4 aromatic carbocycles. The van der Waals surface area contributed by atoms with Crippen LogP contribution in [-0.2, 0) is 48.1 Å². The summed E-state index contributed by atoms with van der Waals surface area (Å²) in [6.45, 7) is 13.6. The molecule has 2 saturated carbocycles. The molecule has 2 bridgehead atoms. The molecule has 1 unspecified atom stereocenters. The number of esters is 3. The van der Waals surface area contributed by atoms with Crippen molar-refractivity contribution in [1.82, 2.24) is 10.5 Å². The maximum absolute atomic E-state index is 14.9. The van der Waals surface area contributed by atoms with Crippen molar-refractivity contribution < 1.29 is 81.0 Å². The van der Waals surface area contributed by atoms with Crippen molar-refractivity contribution in [3.05, 3.63) is 143 Å². The van der Waals surface area contributed by atoms with Crippen LogP contribution >= 0.6 is 0 Å². The van der Waals surface area contributed by atoms with Crippen LogP contribution in [0, 0.1) is 23.7 Å². The largest absolute Gasteiger partial charge is 0.456 e. The number of amides is 1. The molecular weight excluding hydrogens is 1050 g/mol. The van der Waals surface area contributed by atoms with E-state index in [1.165, 1.54) is 38.1 Å². The second kappa shape index (κ2) is 22.1. The molecule has 21 heteroatoms. The molecule has 5 aromatic rings. The average Bonchev–Trinajstić information content (AvgIpc) is 3.90. The smallest absolute Gasteiger partial charge is 0.408 e. The lowest BCUT2D eigenvalue weighted by molar-refractivity contribution is -0.346. The fourth-order valence-electron chi connectivity index (χ4n) is 11.9. The summed E-state index contributed by atoms with van der Waals surface area (Å²) < 4.78 is 57.5. The van der Waals surface area contributed by atoms with E-state index >= 15 is 0 Å². The fraction of sp³-hybridized carbons (Fsp3) is 0.424. The summed E-state index contributed by atoms with van der Waals surface area (Å²) in [6.07, 6.45) is -11.5. The molecular formula is C59H67N3O17S. The topological polar surface area (TPSA) is 311 Å². The summed E-state index contributed by atoms with van der Waals surface area (Å²) in [5.41, 5.74) is -4.81. The number of ether oxygens (including phenoxy) is 5. The molecule has 1 aromatic heterocycles. The molecule has 2 heterocycles. The predicted molar refractivity (Wildman–Crippen MR) is 287 cm³/mol. The zero-order chi connectivity index (χ0) is 58.5. The first-order valence-electron chi connectivity index (χ1n) is 26.0. The van der Waals surface area contributed by atoms with Gasteiger partial charge in [0, 0.05) is 30.7 Å². The quantitative estimate of drug-likeness (QED) is 0.0485. The molecule has 4 aliphatic rings. The summed E-state index contributed by atoms with van der Waals surface area (Å²) in [7, 11) is -3.70. The zero-order valence-corrected chi connectivity index (χ0v) is 46.6. The molecule has 9 rings (SSSR count). The van der Waals surface area contributed by atoms with Crippen LogP contribution in [0.2, 0.25) is 0 Å². The summed E-state index contributed by atoms with van der Waals surface area (Å²) in [5, 5.41) is 60.8. The Labute approximate surface area is 463 Å². The van der Waals surface area contributed by atoms with E-state index < -0.39 is 122 Å². The van der Waals surface area contributed by atoms with Gasteiger partial charge in [0.15, 0.2) is 17.5 Å². The number of aryl methyl sites for hydroxylation is 1. The Morgan fingerprint density at radius 1 is 0.850 bits per heavy atom. The molecule has 7 N–H and O–H groups in total. The molecule has 0 radical (unpaired) electrons. The van der Waals surface area contributed by atoms with Crippen LogP contribution < -0.4 is 10.5 Å². The van der Waals surface area contributed by atoms with Crippen molar-refractivity contribution in [2.24, 2.45) is 21.9 Å². The standard InChI is InChI=1S/C43H53NO14.C16H14N2O3S/c1-22-26(55-37(51)32(48)30(24-15-11-9-12-16-24)44-38(52)58-39(3,4)5)20-43(53)35(56-36(50)25-17-13-10-14-18-25)33-41(8,34(49)31(47)29(22)40(43,6)7)27(46)19-28-42(33,21-54-28)57-23(2)45;1-11-15(12-7-9-14(10-8-12)22(17,19)20)16(18-21-11)13-5-3-2-4-6-13/h9-18,26-28,30-33,35,46-48,53H,19-21H2,1-8H3,(H,44,52);2-10H,1H3,(H2,17,19,20)/t26-,27-,28+,30-,31+,32?,33-,35-,41+,42-,43+;/m0./s1. The number of Topliss-reactive ketones (excluding diaryl/α,β-unsaturated/α-hetero) is 1. The normalized spacial score (nSPS) is 27.6. The highest BCUT2D eigenvalue weighted by molar-refractivity contribution is 7.89. The number of aromatic nitrogens is 1. The van der Waals surface area contributed by atoms with Crippen LogP contribution in [-0.4, -0.2) is 124 Å². The molecule has 11 atom stereocenters. The molecule has 3 fully saturated rings. The molecule has 1 aliphatic heterocycles. The van der Waals surface area contributed by atoms with Crippen molar-refractivity contribution in [3.63, 3.8) is 0 Å². The summed E-state index contributed by atoms with van der Waals surface area (Å²) in [6, 6.07) is 30.6. The highest BCUT2D eigenvalue weighted by atomic mass is 32.2. The van der Waals surface area contributed by atoms with Crippen LogP contribution in [0.1, 0.15) is 96.0 Å². The number of aliphatic hydroxyl groups is 4. The van der Waals surface area contributed by atoms with Gasteiger partial charge in [-0.15, -0.1) is 0 Å². The number of sulfonamides is 1. The van der Waals surface area contributed by atoms with Gasteiger partial charge in [0.05, 0.1) is 46.1 Å². The number of benzene rings is 4. The number of hydrogen-bond acceptors (Lipinski definition) is 18. The molecule has 1 saturated heterocycles. The van der Waals surface area contributed by atoms with Crippen molar-refractivity contribution in [2.45, 2.75) is 140 Å². The van der Waals surface area contributed by atoms with Gasteiger partial charge in [-0.05, 0) is 88.1 Å². The summed E-state index contributed by atoms with van der Waals surface area (Å²) in [4.78, 5) is 69.0. The van der Waals surface area contributed by atoms with E-state index in [0.717, 1.165) is 29.3 Å². The number of hydrogen-bond donors (Lipinski definition) is 6. The maximum Gasteiger partial charge on any atom is 0.408 e. The van der Waals surface area contributed by atoms with Gasteiger partial charge in [-0.3, -0.25) is 9.59 Å². The Morgan fingerprint density at radius 3 is 1.99 bits per heavy atom. The first-order chi connectivity index (χ1) is 37.5. The van der Waals surface area contributed by atoms with Crippen LogP contribution in [0.25, 0.3) is 22.4 Å². The van der Waals surface area contributed by atoms with Gasteiger partial charge in [0.1, 0.15) is 47.1 Å². The van der Waals surface area contributed by atoms with Gasteiger partial charge in [-0.2, -0.15) is 0 Å². The SMILES string of the molecule is CC(=O)O[C@@]12CO[C@@H]1C[C@H](O)[C@@]1(C)C(=O)[C@H](O)C3=C(C)[C@@H](OC(=O)C(O)[C@@H](NC(=O)OC(C)(C)C)c4ccccc4)C[C@@](O)([C@@H](OC(=O)c4ccccc4)[C@H]21)C3(C)C.Cc1onc(-c2ccccc2)c1-c1ccc(S(N)(=O)=O)cc1. The van der Waals surface area contributed by atoms with E-state index in [4.69, 9.17) is 33.3 Å². The van der Waals surface area contributed by atoms with E-state index in [1.807, 2.05) is 37.3 Å². The van der Waals surface area contributed by atoms with Gasteiger partial charge in [0.25, 0.3) is 0 Å². The number of nitrogens with one attached hydrogen (secondary N) is 1. The predicted octanol–water partition coefficient (Wildman–Crippen LogP) is 6.22. The van der Waals surface area contributed by atoms with Gasteiger partial charge in [0.2, 0.25) is 10.0 Å². The van der Waals surface area contributed by atoms with E-state index in [9.17, 15) is 52.8 Å². The van der Waals surface area contributed by atoms with E-state index in [2.05, 4.69) is 10.5 Å². The van der Waals surface area contributed by atoms with Crippen LogP contribution in [0.15, 0.2) is 136 Å². The van der Waals surface area contributed by atoms with Gasteiger partial charge < -0.3 is 54.0 Å². The number of nitrogens with zero attached hydrogens (tertiary/aromatic N) is 1. The number of primary sulfonamides is 1. The highest BCUT2D eigenvalue weighted by Crippen LogP contribution is 2.64. The minimum absolute atomic E-state index is 0.0637. The third-order valence-electron chi connectivity index (χ3n) is 15.9. The monoisotopic (exact) mass is 1120 g/mol. The first kappa shape index (κ1) is 59.0. The van der Waals surface area contributed by atoms with Crippen molar-refractivity contribution in [3.8, 4) is 22.4 Å². The number of aliphatic hydroxyl groups excluding tert-OH is 3. The highest BCUT2D eigenvalue weighted by Gasteiger charge is 2.78. The van der Waals surface area contributed by atoms with E-state index in [1.54, 1.807) is 95.3 Å². The van der Waals surface area contributed by atoms with Crippen molar-refractivity contribution in [1.29, 1.82) is 0 Å². The van der Waals surface area contributed by atoms with Crippen LogP contribution in [0.4, 0.5) is 4.79 Å². The molecule has 1 amide bonds. The Kier molecular flexibility index (Phi) is 16.3. The number of carbonyl (C=O) groups is 5. The second-order valence-corrected chi connectivity index (χ2v) is 24.0. The summed E-state index contributed by atoms with van der Waals surface area (Å²) >= 11 is 0. The number of ketones is 1. The number of alkyl carbamates (subject to hydrolysis) is 1. The number of nitrogens with two attached hydrogens (primary N) is 1. The van der Waals surface area contributed by atoms with Gasteiger partial charge >= 0.3 is 24.0 Å². The first-order valence-corrected chi connectivity index (χ1v) is 27.5. The molecule has 3 aliphatic carbocycles.